The number of unbranched alkanes of at least 4 members (excludes halogenated alkanes) is 1. The standard InChI is InChI=1S/C32H39N5O5/c33-17-4-3-11-26(31(41)36-27(30(34)40)19-21-13-15-24(38)16-14-21)35-32(42)28-12-6-18-37(28)29(39)20-23-9-5-8-22-7-1-2-10-25(22)23/h1-2,5,7-10,13-16,26-28,38H,3-4,6,11-12,17-20,33H2,(H2,34,40)(H,35,42)(H,36,41)/t26?,27?,28-/m0/s1. The molecule has 10 heteroatoms. The molecule has 42 heavy (non-hydrogen) atoms. The molecule has 7 N–H and O–H groups in total. The number of amides is 4. The Kier molecular flexibility index (Phi) is 10.5. The summed E-state index contributed by atoms with van der Waals surface area (Å²) >= 11 is 0. The number of primary amides is 1. The summed E-state index contributed by atoms with van der Waals surface area (Å²) < 4.78 is 0. The van der Waals surface area contributed by atoms with Crippen LogP contribution >= 0.6 is 0 Å². The van der Waals surface area contributed by atoms with Crippen LogP contribution in [0.3, 0.4) is 0 Å². The predicted octanol–water partition coefficient (Wildman–Crippen LogP) is 1.91. The van der Waals surface area contributed by atoms with Crippen LogP contribution in [0.1, 0.15) is 43.2 Å². The summed E-state index contributed by atoms with van der Waals surface area (Å²) in [6.07, 6.45) is 3.03. The van der Waals surface area contributed by atoms with Crippen LogP contribution in [0, 0.1) is 0 Å². The Morgan fingerprint density at radius 3 is 2.40 bits per heavy atom. The molecule has 222 valence electrons. The highest BCUT2D eigenvalue weighted by atomic mass is 16.3. The first-order valence-corrected chi connectivity index (χ1v) is 14.4. The second-order valence-electron chi connectivity index (χ2n) is 10.7. The van der Waals surface area contributed by atoms with Gasteiger partial charge in [0.2, 0.25) is 23.6 Å². The van der Waals surface area contributed by atoms with Gasteiger partial charge in [0, 0.05) is 13.0 Å². The Morgan fingerprint density at radius 1 is 0.929 bits per heavy atom. The number of phenols is 1. The van der Waals surface area contributed by atoms with Crippen molar-refractivity contribution >= 4 is 34.4 Å². The van der Waals surface area contributed by atoms with Gasteiger partial charge in [0.15, 0.2) is 0 Å². The number of fused-ring (bicyclic) bond motifs is 1. The number of hydrogen-bond donors (Lipinski definition) is 5. The van der Waals surface area contributed by atoms with E-state index in [1.807, 2.05) is 42.5 Å². The molecular weight excluding hydrogens is 534 g/mol. The number of benzene rings is 3. The third kappa shape index (κ3) is 7.85. The number of nitrogens with two attached hydrogens (primary N) is 2. The van der Waals surface area contributed by atoms with Gasteiger partial charge in [0.05, 0.1) is 6.42 Å². The maximum Gasteiger partial charge on any atom is 0.243 e. The minimum Gasteiger partial charge on any atom is -0.508 e. The Labute approximate surface area is 245 Å². The van der Waals surface area contributed by atoms with Gasteiger partial charge in [-0.15, -0.1) is 0 Å². The van der Waals surface area contributed by atoms with E-state index in [1.54, 1.807) is 17.0 Å². The van der Waals surface area contributed by atoms with Crippen LogP contribution in [0.2, 0.25) is 0 Å². The molecule has 1 heterocycles. The molecule has 1 aliphatic heterocycles. The number of likely N-dealkylation sites (tertiary alicyclic amines) is 1. The fourth-order valence-corrected chi connectivity index (χ4v) is 5.44. The molecule has 0 aliphatic carbocycles. The van der Waals surface area contributed by atoms with Crippen molar-refractivity contribution in [3.05, 3.63) is 77.9 Å². The Morgan fingerprint density at radius 2 is 1.67 bits per heavy atom. The normalized spacial score (nSPS) is 16.1. The van der Waals surface area contributed by atoms with Gasteiger partial charge in [-0.1, -0.05) is 54.6 Å². The molecule has 4 rings (SSSR count). The van der Waals surface area contributed by atoms with Crippen LogP contribution in [0.4, 0.5) is 0 Å². The first kappa shape index (κ1) is 30.5. The number of nitrogens with zero attached hydrogens (tertiary/aromatic N) is 1. The fraction of sp³-hybridized carbons (Fsp3) is 0.375. The van der Waals surface area contributed by atoms with Gasteiger partial charge in [-0.3, -0.25) is 19.2 Å². The third-order valence-electron chi connectivity index (χ3n) is 7.71. The van der Waals surface area contributed by atoms with E-state index >= 15 is 0 Å². The second kappa shape index (κ2) is 14.5. The summed E-state index contributed by atoms with van der Waals surface area (Å²) in [6, 6.07) is 17.3. The predicted molar refractivity (Wildman–Crippen MR) is 160 cm³/mol. The Balaban J connectivity index is 1.44. The largest absolute Gasteiger partial charge is 0.508 e. The van der Waals surface area contributed by atoms with E-state index in [-0.39, 0.29) is 24.5 Å². The Hall–Kier alpha value is -4.44. The van der Waals surface area contributed by atoms with Crippen LogP contribution in [-0.4, -0.2) is 64.9 Å². The molecule has 0 bridgehead atoms. The van der Waals surface area contributed by atoms with Crippen molar-refractivity contribution in [2.45, 2.75) is 63.1 Å². The monoisotopic (exact) mass is 573 g/mol. The number of hydrogen-bond acceptors (Lipinski definition) is 6. The van der Waals surface area contributed by atoms with Crippen molar-refractivity contribution in [2.24, 2.45) is 11.5 Å². The summed E-state index contributed by atoms with van der Waals surface area (Å²) in [7, 11) is 0. The van der Waals surface area contributed by atoms with Gasteiger partial charge in [-0.25, -0.2) is 0 Å². The molecule has 3 atom stereocenters. The number of aromatic hydroxyl groups is 1. The van der Waals surface area contributed by atoms with Crippen LogP contribution < -0.4 is 22.1 Å². The quantitative estimate of drug-likeness (QED) is 0.196. The first-order valence-electron chi connectivity index (χ1n) is 14.4. The number of nitrogens with one attached hydrogen (secondary N) is 2. The van der Waals surface area contributed by atoms with Gasteiger partial charge in [0.25, 0.3) is 0 Å². The van der Waals surface area contributed by atoms with Crippen molar-refractivity contribution in [3.8, 4) is 5.75 Å². The highest BCUT2D eigenvalue weighted by molar-refractivity contribution is 5.95. The minimum absolute atomic E-state index is 0.0812. The summed E-state index contributed by atoms with van der Waals surface area (Å²) in [5.41, 5.74) is 12.8. The molecular formula is C32H39N5O5. The lowest BCUT2D eigenvalue weighted by Gasteiger charge is -2.27. The highest BCUT2D eigenvalue weighted by Crippen LogP contribution is 2.23. The van der Waals surface area contributed by atoms with E-state index < -0.39 is 35.8 Å². The molecule has 4 amide bonds. The summed E-state index contributed by atoms with van der Waals surface area (Å²) in [4.78, 5) is 54.0. The molecule has 0 spiro atoms. The average molecular weight is 574 g/mol. The molecule has 0 saturated carbocycles. The molecule has 2 unspecified atom stereocenters. The summed E-state index contributed by atoms with van der Waals surface area (Å²) in [5.74, 6) is -1.71. The van der Waals surface area contributed by atoms with Gasteiger partial charge < -0.3 is 32.1 Å². The van der Waals surface area contributed by atoms with Crippen molar-refractivity contribution in [1.29, 1.82) is 0 Å². The highest BCUT2D eigenvalue weighted by Gasteiger charge is 2.36. The fourth-order valence-electron chi connectivity index (χ4n) is 5.44. The lowest BCUT2D eigenvalue weighted by Crippen LogP contribution is -2.56. The lowest BCUT2D eigenvalue weighted by atomic mass is 10.0. The van der Waals surface area contributed by atoms with E-state index in [9.17, 15) is 24.3 Å². The second-order valence-corrected chi connectivity index (χ2v) is 10.7. The third-order valence-corrected chi connectivity index (χ3v) is 7.71. The molecule has 1 aliphatic rings. The van der Waals surface area contributed by atoms with Crippen molar-refractivity contribution in [2.75, 3.05) is 13.1 Å². The molecule has 1 fully saturated rings. The minimum atomic E-state index is -1.01. The molecule has 3 aromatic carbocycles. The SMILES string of the molecule is NCCCCC(NC(=O)[C@@H]1CCCN1C(=O)Cc1cccc2ccccc12)C(=O)NC(Cc1ccc(O)cc1)C(N)=O. The van der Waals surface area contributed by atoms with Crippen molar-refractivity contribution in [1.82, 2.24) is 15.5 Å². The molecule has 0 aromatic heterocycles. The summed E-state index contributed by atoms with van der Waals surface area (Å²) in [5, 5.41) is 17.1. The van der Waals surface area contributed by atoms with Gasteiger partial charge in [0.1, 0.15) is 23.9 Å². The zero-order chi connectivity index (χ0) is 30.1. The van der Waals surface area contributed by atoms with Crippen molar-refractivity contribution < 1.29 is 24.3 Å². The molecule has 0 radical (unpaired) electrons. The van der Waals surface area contributed by atoms with Crippen LogP contribution in [0.5, 0.6) is 5.75 Å². The molecule has 3 aromatic rings. The first-order chi connectivity index (χ1) is 20.3. The van der Waals surface area contributed by atoms with Gasteiger partial charge in [-0.05, 0) is 72.7 Å². The average Bonchev–Trinajstić information content (AvgIpc) is 3.48. The summed E-state index contributed by atoms with van der Waals surface area (Å²) in [6.45, 7) is 0.897. The van der Waals surface area contributed by atoms with E-state index in [0.29, 0.717) is 50.8 Å². The van der Waals surface area contributed by atoms with E-state index in [4.69, 9.17) is 11.5 Å². The maximum absolute atomic E-state index is 13.5. The van der Waals surface area contributed by atoms with Crippen LogP contribution in [0.15, 0.2) is 66.7 Å². The zero-order valence-electron chi connectivity index (χ0n) is 23.6. The van der Waals surface area contributed by atoms with E-state index in [2.05, 4.69) is 10.6 Å². The Bertz CT molecular complexity index is 1400. The number of phenolic OH excluding ortho intramolecular Hbond substituents is 1. The number of rotatable bonds is 13. The molecule has 1 saturated heterocycles. The topological polar surface area (TPSA) is 168 Å². The van der Waals surface area contributed by atoms with Gasteiger partial charge in [-0.2, -0.15) is 0 Å². The number of carbonyl (C=O) groups is 4. The van der Waals surface area contributed by atoms with Gasteiger partial charge >= 0.3 is 0 Å². The van der Waals surface area contributed by atoms with Crippen molar-refractivity contribution in [3.63, 3.8) is 0 Å². The number of carbonyl (C=O) groups excluding carboxylic acids is 4. The maximum atomic E-state index is 13.5. The molecule has 10 nitrogen and oxygen atoms in total. The van der Waals surface area contributed by atoms with E-state index in [1.165, 1.54) is 12.1 Å². The van der Waals surface area contributed by atoms with E-state index in [0.717, 1.165) is 16.3 Å². The smallest absolute Gasteiger partial charge is 0.243 e. The van der Waals surface area contributed by atoms with Crippen LogP contribution in [-0.2, 0) is 32.0 Å². The van der Waals surface area contributed by atoms with Crippen LogP contribution in [0.25, 0.3) is 10.8 Å². The zero-order valence-corrected chi connectivity index (χ0v) is 23.6. The lowest BCUT2D eigenvalue weighted by molar-refractivity contribution is -0.139.